The molecule has 0 heterocycles. The average Bonchev–Trinajstić information content (AvgIpc) is 2.64. The molecule has 0 atom stereocenters. The van der Waals surface area contributed by atoms with E-state index in [0.717, 1.165) is 24.3 Å². The van der Waals surface area contributed by atoms with Crippen molar-refractivity contribution in [2.75, 3.05) is 13.1 Å². The zero-order valence-corrected chi connectivity index (χ0v) is 14.4. The third kappa shape index (κ3) is 5.57. The van der Waals surface area contributed by atoms with Gasteiger partial charge in [0.05, 0.1) is 29.0 Å². The molecule has 0 amide bonds. The molecule has 11 nitrogen and oxygen atoms in total. The van der Waals surface area contributed by atoms with Crippen LogP contribution in [-0.4, -0.2) is 56.8 Å². The second-order valence-electron chi connectivity index (χ2n) is 5.64. The number of aromatic hydroxyl groups is 2. The topological polar surface area (TPSA) is 172 Å². The third-order valence-corrected chi connectivity index (χ3v) is 3.54. The molecule has 0 aliphatic rings. The number of benzene rings is 2. The fraction of sp³-hybridized carbons (Fsp3) is 0.176. The molecule has 2 aromatic rings. The van der Waals surface area contributed by atoms with Crippen molar-refractivity contribution in [3.63, 3.8) is 0 Å². The van der Waals surface area contributed by atoms with Gasteiger partial charge in [0.2, 0.25) is 0 Å². The van der Waals surface area contributed by atoms with Crippen molar-refractivity contribution in [2.45, 2.75) is 6.10 Å². The predicted octanol–water partition coefficient (Wildman–Crippen LogP) is 1.81. The van der Waals surface area contributed by atoms with E-state index in [1.165, 1.54) is 24.6 Å². The van der Waals surface area contributed by atoms with E-state index in [9.17, 15) is 35.5 Å². The highest BCUT2D eigenvalue weighted by Crippen LogP contribution is 2.22. The van der Waals surface area contributed by atoms with Gasteiger partial charge in [-0.25, -0.2) is 0 Å². The number of hydrogen-bond acceptors (Lipinski definition) is 9. The number of hydrogen-bond donors (Lipinski definition) is 3. The molecule has 2 rings (SSSR count). The van der Waals surface area contributed by atoms with E-state index in [0.29, 0.717) is 0 Å². The van der Waals surface area contributed by atoms with Crippen molar-refractivity contribution in [3.8, 4) is 11.5 Å². The van der Waals surface area contributed by atoms with Gasteiger partial charge in [-0.05, 0) is 12.1 Å². The van der Waals surface area contributed by atoms with Gasteiger partial charge in [0, 0.05) is 47.8 Å². The molecule has 28 heavy (non-hydrogen) atoms. The number of non-ortho nitro benzene ring substituents is 2. The zero-order chi connectivity index (χ0) is 20.7. The Balaban J connectivity index is 1.95. The average molecular weight is 388 g/mol. The Morgan fingerprint density at radius 3 is 1.61 bits per heavy atom. The number of aliphatic hydroxyl groups is 1. The number of rotatable bonds is 8. The lowest BCUT2D eigenvalue weighted by molar-refractivity contribution is -0.385. The number of nitro benzene ring substituents is 2. The molecule has 0 fully saturated rings. The molecule has 0 spiro atoms. The summed E-state index contributed by atoms with van der Waals surface area (Å²) in [6, 6.07) is 6.94. The van der Waals surface area contributed by atoms with E-state index in [4.69, 9.17) is 0 Å². The van der Waals surface area contributed by atoms with E-state index < -0.39 is 16.0 Å². The number of nitrogens with zero attached hydrogens (tertiary/aromatic N) is 4. The van der Waals surface area contributed by atoms with E-state index in [1.807, 2.05) is 0 Å². The normalized spacial score (nSPS) is 12.5. The van der Waals surface area contributed by atoms with Crippen molar-refractivity contribution < 1.29 is 25.2 Å². The molecule has 0 aromatic heterocycles. The highest BCUT2D eigenvalue weighted by Gasteiger charge is 2.10. The van der Waals surface area contributed by atoms with Gasteiger partial charge < -0.3 is 15.3 Å². The Hall–Kier alpha value is -3.86. The SMILES string of the molecule is O=[N+]([O-])c1ccc(O)c(C=NCC(O)CN=Cc2cc([N+](=O)[O-])ccc2O)c1. The maximum absolute atomic E-state index is 10.7. The fourth-order valence-electron chi connectivity index (χ4n) is 2.12. The quantitative estimate of drug-likeness (QED) is 0.351. The van der Waals surface area contributed by atoms with Gasteiger partial charge in [-0.2, -0.15) is 0 Å². The number of phenolic OH excluding ortho intramolecular Hbond substituents is 2. The lowest BCUT2D eigenvalue weighted by Gasteiger charge is -2.04. The Labute approximate surface area is 158 Å². The first-order valence-corrected chi connectivity index (χ1v) is 7.90. The van der Waals surface area contributed by atoms with E-state index in [-0.39, 0.29) is 47.1 Å². The smallest absolute Gasteiger partial charge is 0.270 e. The van der Waals surface area contributed by atoms with Crippen LogP contribution in [0.2, 0.25) is 0 Å². The number of aliphatic imine (C=N–C) groups is 2. The first-order chi connectivity index (χ1) is 13.3. The van der Waals surface area contributed by atoms with Crippen LogP contribution in [0.3, 0.4) is 0 Å². The predicted molar refractivity (Wildman–Crippen MR) is 100 cm³/mol. The molecule has 0 aliphatic carbocycles. The molecule has 0 aliphatic heterocycles. The minimum Gasteiger partial charge on any atom is -0.507 e. The Morgan fingerprint density at radius 2 is 1.25 bits per heavy atom. The fourth-order valence-corrected chi connectivity index (χ4v) is 2.12. The third-order valence-electron chi connectivity index (χ3n) is 3.54. The van der Waals surface area contributed by atoms with Gasteiger partial charge in [0.1, 0.15) is 11.5 Å². The van der Waals surface area contributed by atoms with Crippen molar-refractivity contribution in [1.82, 2.24) is 0 Å². The highest BCUT2D eigenvalue weighted by atomic mass is 16.6. The van der Waals surface area contributed by atoms with Crippen molar-refractivity contribution >= 4 is 23.8 Å². The largest absolute Gasteiger partial charge is 0.507 e. The molecule has 3 N–H and O–H groups in total. The Bertz CT molecular complexity index is 868. The lowest BCUT2D eigenvalue weighted by atomic mass is 10.2. The van der Waals surface area contributed by atoms with Crippen molar-refractivity contribution in [1.29, 1.82) is 0 Å². The van der Waals surface area contributed by atoms with Crippen LogP contribution in [0.25, 0.3) is 0 Å². The van der Waals surface area contributed by atoms with Crippen LogP contribution in [0.5, 0.6) is 11.5 Å². The number of aliphatic hydroxyl groups excluding tert-OH is 1. The minimum atomic E-state index is -1.01. The van der Waals surface area contributed by atoms with Crippen LogP contribution < -0.4 is 0 Å². The van der Waals surface area contributed by atoms with Crippen molar-refractivity contribution in [2.24, 2.45) is 9.98 Å². The van der Waals surface area contributed by atoms with Gasteiger partial charge in [0.15, 0.2) is 0 Å². The molecule has 0 unspecified atom stereocenters. The second-order valence-corrected chi connectivity index (χ2v) is 5.64. The molecular weight excluding hydrogens is 372 g/mol. The second kappa shape index (κ2) is 9.19. The van der Waals surface area contributed by atoms with Gasteiger partial charge in [-0.3, -0.25) is 30.2 Å². The Kier molecular flexibility index (Phi) is 6.71. The van der Waals surface area contributed by atoms with Gasteiger partial charge in [-0.15, -0.1) is 0 Å². The summed E-state index contributed by atoms with van der Waals surface area (Å²) < 4.78 is 0. The van der Waals surface area contributed by atoms with Crippen LogP contribution in [0.1, 0.15) is 11.1 Å². The zero-order valence-electron chi connectivity index (χ0n) is 14.4. The maximum atomic E-state index is 10.7. The van der Waals surface area contributed by atoms with Crippen LogP contribution >= 0.6 is 0 Å². The molecule has 0 radical (unpaired) electrons. The lowest BCUT2D eigenvalue weighted by Crippen LogP contribution is -2.15. The summed E-state index contributed by atoms with van der Waals surface area (Å²) in [4.78, 5) is 28.1. The van der Waals surface area contributed by atoms with Gasteiger partial charge in [0.25, 0.3) is 11.4 Å². The molecule has 0 saturated carbocycles. The van der Waals surface area contributed by atoms with Crippen LogP contribution in [0.15, 0.2) is 46.4 Å². The van der Waals surface area contributed by atoms with Crippen LogP contribution in [0, 0.1) is 20.2 Å². The standard InChI is InChI=1S/C17H16N4O7/c22-15(9-18-7-11-5-13(20(25)26)1-3-16(11)23)10-19-8-12-6-14(21(27)28)2-4-17(12)24/h1-8,15,22-24H,9-10H2. The van der Waals surface area contributed by atoms with Gasteiger partial charge in [-0.1, -0.05) is 0 Å². The van der Waals surface area contributed by atoms with Crippen molar-refractivity contribution in [3.05, 3.63) is 67.8 Å². The first-order valence-electron chi connectivity index (χ1n) is 7.90. The molecule has 146 valence electrons. The molecular formula is C17H16N4O7. The van der Waals surface area contributed by atoms with E-state index in [1.54, 1.807) is 0 Å². The van der Waals surface area contributed by atoms with E-state index in [2.05, 4.69) is 9.98 Å². The van der Waals surface area contributed by atoms with Crippen LogP contribution in [0.4, 0.5) is 11.4 Å². The van der Waals surface area contributed by atoms with Crippen LogP contribution in [-0.2, 0) is 0 Å². The first kappa shape index (κ1) is 20.5. The molecule has 11 heteroatoms. The number of nitro groups is 2. The number of phenols is 2. The summed E-state index contributed by atoms with van der Waals surface area (Å²) in [7, 11) is 0. The highest BCUT2D eigenvalue weighted by molar-refractivity contribution is 5.85. The van der Waals surface area contributed by atoms with Gasteiger partial charge >= 0.3 is 0 Å². The summed E-state index contributed by atoms with van der Waals surface area (Å²) in [6.07, 6.45) is 1.39. The molecule has 2 aromatic carbocycles. The Morgan fingerprint density at radius 1 is 0.857 bits per heavy atom. The molecule has 0 saturated heterocycles. The summed E-state index contributed by atoms with van der Waals surface area (Å²) in [6.45, 7) is -0.194. The summed E-state index contributed by atoms with van der Waals surface area (Å²) in [5, 5.41) is 50.7. The summed E-state index contributed by atoms with van der Waals surface area (Å²) in [5.41, 5.74) is -0.153. The summed E-state index contributed by atoms with van der Waals surface area (Å²) in [5.74, 6) is -0.383. The minimum absolute atomic E-state index is 0.0968. The van der Waals surface area contributed by atoms with E-state index >= 15 is 0 Å². The monoisotopic (exact) mass is 388 g/mol. The maximum Gasteiger partial charge on any atom is 0.270 e. The molecule has 0 bridgehead atoms. The summed E-state index contributed by atoms with van der Waals surface area (Å²) >= 11 is 0.